The van der Waals surface area contributed by atoms with Crippen LogP contribution in [0.4, 0.5) is 5.69 Å². The lowest BCUT2D eigenvalue weighted by molar-refractivity contribution is -0.152. The molecule has 0 aromatic heterocycles. The third-order valence-corrected chi connectivity index (χ3v) is 6.15. The summed E-state index contributed by atoms with van der Waals surface area (Å²) in [6.07, 6.45) is 1.63. The molecule has 3 aromatic rings. The molecule has 0 radical (unpaired) electrons. The maximum Gasteiger partial charge on any atom is 0.397 e. The largest absolute Gasteiger partial charge is 0.507 e. The van der Waals surface area contributed by atoms with Crippen LogP contribution in [0.2, 0.25) is 10.0 Å². The van der Waals surface area contributed by atoms with Crippen molar-refractivity contribution >= 4 is 46.7 Å². The second kappa shape index (κ2) is 10.9. The van der Waals surface area contributed by atoms with E-state index in [0.717, 1.165) is 18.4 Å². The van der Waals surface area contributed by atoms with Crippen LogP contribution in [-0.4, -0.2) is 29.5 Å². The summed E-state index contributed by atoms with van der Waals surface area (Å²) < 4.78 is 10.4. The molecule has 0 fully saturated rings. The van der Waals surface area contributed by atoms with Crippen LogP contribution in [0.15, 0.2) is 54.6 Å². The highest BCUT2D eigenvalue weighted by molar-refractivity contribution is 6.39. The molecule has 1 atom stereocenters. The van der Waals surface area contributed by atoms with Crippen LogP contribution in [0.5, 0.6) is 17.2 Å². The van der Waals surface area contributed by atoms with Gasteiger partial charge in [0.15, 0.2) is 5.75 Å². The minimum atomic E-state index is -1.04. The fraction of sp³-hybridized carbons (Fsp3) is 0.192. The second-order valence-corrected chi connectivity index (χ2v) is 8.80. The Balaban J connectivity index is 1.50. The number of aryl methyl sites for hydroxylation is 1. The molecular formula is C26H22Cl2N2O6. The van der Waals surface area contributed by atoms with Gasteiger partial charge in [0.25, 0.3) is 5.91 Å². The monoisotopic (exact) mass is 528 g/mol. The van der Waals surface area contributed by atoms with Gasteiger partial charge in [-0.15, -0.1) is 0 Å². The Morgan fingerprint density at radius 3 is 2.50 bits per heavy atom. The van der Waals surface area contributed by atoms with Crippen LogP contribution < -0.4 is 15.4 Å². The van der Waals surface area contributed by atoms with Gasteiger partial charge in [0.05, 0.1) is 28.3 Å². The summed E-state index contributed by atoms with van der Waals surface area (Å²) in [7, 11) is 0. The number of hydrogen-bond acceptors (Lipinski definition) is 6. The molecule has 1 aliphatic carbocycles. The van der Waals surface area contributed by atoms with Gasteiger partial charge in [-0.1, -0.05) is 47.5 Å². The molecular weight excluding hydrogens is 507 g/mol. The first kappa shape index (κ1) is 25.3. The number of amides is 2. The van der Waals surface area contributed by atoms with Gasteiger partial charge in [0.1, 0.15) is 11.5 Å². The van der Waals surface area contributed by atoms with Gasteiger partial charge in [-0.25, -0.2) is 4.79 Å². The maximum absolute atomic E-state index is 13.0. The quantitative estimate of drug-likeness (QED) is 0.291. The minimum absolute atomic E-state index is 0.0300. The zero-order chi connectivity index (χ0) is 25.8. The van der Waals surface area contributed by atoms with E-state index in [0.29, 0.717) is 0 Å². The molecule has 36 heavy (non-hydrogen) atoms. The smallest absolute Gasteiger partial charge is 0.397 e. The average molecular weight is 529 g/mol. The number of fused-ring (bicyclic) bond motifs is 1. The van der Waals surface area contributed by atoms with Gasteiger partial charge >= 0.3 is 11.9 Å². The summed E-state index contributed by atoms with van der Waals surface area (Å²) in [4.78, 5) is 36.4. The number of esters is 1. The van der Waals surface area contributed by atoms with E-state index in [1.54, 1.807) is 6.92 Å². The van der Waals surface area contributed by atoms with Crippen LogP contribution in [0.1, 0.15) is 40.9 Å². The average Bonchev–Trinajstić information content (AvgIpc) is 3.25. The number of phenols is 1. The third-order valence-electron chi connectivity index (χ3n) is 5.59. The number of nitrogens with one attached hydrogen (secondary N) is 2. The predicted molar refractivity (Wildman–Crippen MR) is 135 cm³/mol. The Morgan fingerprint density at radius 1 is 1.06 bits per heavy atom. The van der Waals surface area contributed by atoms with Crippen molar-refractivity contribution in [1.29, 1.82) is 0 Å². The fourth-order valence-corrected chi connectivity index (χ4v) is 4.49. The van der Waals surface area contributed by atoms with Crippen molar-refractivity contribution in [3.8, 4) is 17.2 Å². The lowest BCUT2D eigenvalue weighted by Crippen LogP contribution is -2.27. The molecule has 10 heteroatoms. The SMILES string of the molecule is CCOC(=O)C(=O)Nc1cc(Cl)c(Oc2ccc(O)c(C(=O)N[C@H]3CCc4ccccc43)c2)c(Cl)c1. The third kappa shape index (κ3) is 5.56. The molecule has 3 aromatic carbocycles. The number of halogens is 2. The van der Waals surface area contributed by atoms with Gasteiger partial charge in [0.2, 0.25) is 0 Å². The Labute approximate surface area is 217 Å². The molecule has 3 N–H and O–H groups in total. The predicted octanol–water partition coefficient (Wildman–Crippen LogP) is 5.41. The van der Waals surface area contributed by atoms with Crippen LogP contribution in [0, 0.1) is 0 Å². The second-order valence-electron chi connectivity index (χ2n) is 7.99. The molecule has 0 saturated heterocycles. The molecule has 0 unspecified atom stereocenters. The summed E-state index contributed by atoms with van der Waals surface area (Å²) in [6.45, 7) is 1.64. The van der Waals surface area contributed by atoms with Crippen molar-refractivity contribution in [2.75, 3.05) is 11.9 Å². The van der Waals surface area contributed by atoms with Crippen LogP contribution >= 0.6 is 23.2 Å². The number of carbonyl (C=O) groups is 3. The molecule has 0 saturated carbocycles. The van der Waals surface area contributed by atoms with Crippen molar-refractivity contribution in [1.82, 2.24) is 5.32 Å². The van der Waals surface area contributed by atoms with Crippen molar-refractivity contribution in [2.45, 2.75) is 25.8 Å². The Hall–Kier alpha value is -3.75. The molecule has 186 valence electrons. The minimum Gasteiger partial charge on any atom is -0.507 e. The number of aromatic hydroxyl groups is 1. The molecule has 0 spiro atoms. The molecule has 0 aliphatic heterocycles. The van der Waals surface area contributed by atoms with E-state index < -0.39 is 17.8 Å². The number of ether oxygens (including phenoxy) is 2. The van der Waals surface area contributed by atoms with E-state index in [4.69, 9.17) is 27.9 Å². The lowest BCUT2D eigenvalue weighted by atomic mass is 10.1. The van der Waals surface area contributed by atoms with Crippen molar-refractivity contribution < 1.29 is 29.0 Å². The number of rotatable bonds is 6. The summed E-state index contributed by atoms with van der Waals surface area (Å²) in [6, 6.07) is 14.6. The zero-order valence-corrected chi connectivity index (χ0v) is 20.7. The highest BCUT2D eigenvalue weighted by atomic mass is 35.5. The fourth-order valence-electron chi connectivity index (χ4n) is 3.93. The number of anilines is 1. The van der Waals surface area contributed by atoms with Gasteiger partial charge < -0.3 is 25.2 Å². The van der Waals surface area contributed by atoms with E-state index in [1.807, 2.05) is 24.3 Å². The first-order chi connectivity index (χ1) is 17.3. The highest BCUT2D eigenvalue weighted by Crippen LogP contribution is 2.40. The van der Waals surface area contributed by atoms with Gasteiger partial charge in [0, 0.05) is 5.69 Å². The van der Waals surface area contributed by atoms with Crippen LogP contribution in [0.25, 0.3) is 0 Å². The molecule has 1 aliphatic rings. The number of carbonyl (C=O) groups excluding carboxylic acids is 3. The Morgan fingerprint density at radius 2 is 1.78 bits per heavy atom. The summed E-state index contributed by atoms with van der Waals surface area (Å²) in [5, 5.41) is 15.7. The maximum atomic E-state index is 13.0. The van der Waals surface area contributed by atoms with Gasteiger partial charge in [-0.2, -0.15) is 0 Å². The van der Waals surface area contributed by atoms with Crippen molar-refractivity contribution in [3.05, 3.63) is 81.3 Å². The van der Waals surface area contributed by atoms with Crippen LogP contribution in [-0.2, 0) is 20.7 Å². The number of hydrogen-bond donors (Lipinski definition) is 3. The highest BCUT2D eigenvalue weighted by Gasteiger charge is 2.25. The van der Waals surface area contributed by atoms with E-state index >= 15 is 0 Å². The molecule has 0 heterocycles. The Bertz CT molecular complexity index is 1320. The van der Waals surface area contributed by atoms with Crippen molar-refractivity contribution in [3.63, 3.8) is 0 Å². The van der Waals surface area contributed by atoms with Gasteiger partial charge in [-0.05, 0) is 61.2 Å². The number of phenolic OH excluding ortho intramolecular Hbond substituents is 1. The molecule has 0 bridgehead atoms. The molecule has 4 rings (SSSR count). The molecule has 8 nitrogen and oxygen atoms in total. The first-order valence-electron chi connectivity index (χ1n) is 11.1. The standard InChI is InChI=1S/C26H22Cl2N2O6/c1-2-35-26(34)25(33)29-15-11-19(27)23(20(28)12-15)36-16-8-10-22(31)18(13-16)24(32)30-21-9-7-14-5-3-4-6-17(14)21/h3-6,8,10-13,21,31H,2,7,9H2,1H3,(H,29,33)(H,30,32)/t21-/m0/s1. The van der Waals surface area contributed by atoms with E-state index in [1.165, 1.54) is 35.9 Å². The van der Waals surface area contributed by atoms with E-state index in [2.05, 4.69) is 15.4 Å². The van der Waals surface area contributed by atoms with E-state index in [-0.39, 0.29) is 51.2 Å². The lowest BCUT2D eigenvalue weighted by Gasteiger charge is -2.16. The summed E-state index contributed by atoms with van der Waals surface area (Å²) >= 11 is 12.6. The van der Waals surface area contributed by atoms with Gasteiger partial charge in [-0.3, -0.25) is 9.59 Å². The molecule has 2 amide bonds. The Kier molecular flexibility index (Phi) is 7.67. The topological polar surface area (TPSA) is 114 Å². The summed E-state index contributed by atoms with van der Waals surface area (Å²) in [5.41, 5.74) is 2.45. The first-order valence-corrected chi connectivity index (χ1v) is 11.9. The zero-order valence-electron chi connectivity index (χ0n) is 19.1. The summed E-state index contributed by atoms with van der Waals surface area (Å²) in [5.74, 6) is -2.40. The number of benzene rings is 3. The van der Waals surface area contributed by atoms with Crippen molar-refractivity contribution in [2.24, 2.45) is 0 Å². The van der Waals surface area contributed by atoms with Crippen LogP contribution in [0.3, 0.4) is 0 Å². The normalized spacial score (nSPS) is 14.0. The van der Waals surface area contributed by atoms with E-state index in [9.17, 15) is 19.5 Å².